The van der Waals surface area contributed by atoms with Gasteiger partial charge in [-0.3, -0.25) is 4.79 Å². The first-order chi connectivity index (χ1) is 11.0. The highest BCUT2D eigenvalue weighted by molar-refractivity contribution is 6.00. The van der Waals surface area contributed by atoms with Crippen LogP contribution < -0.4 is 0 Å². The fourth-order valence-electron chi connectivity index (χ4n) is 3.17. The Morgan fingerprint density at radius 1 is 1.13 bits per heavy atom. The summed E-state index contributed by atoms with van der Waals surface area (Å²) in [4.78, 5) is 14.0. The molecule has 23 heavy (non-hydrogen) atoms. The van der Waals surface area contributed by atoms with Gasteiger partial charge in [0.2, 0.25) is 0 Å². The number of unbranched alkanes of at least 4 members (excludes halogenated alkanes) is 7. The molecule has 1 amide bonds. The van der Waals surface area contributed by atoms with E-state index in [2.05, 4.69) is 20.8 Å². The van der Waals surface area contributed by atoms with Gasteiger partial charge in [-0.25, -0.2) is 0 Å². The van der Waals surface area contributed by atoms with Crippen molar-refractivity contribution in [2.75, 3.05) is 6.54 Å². The summed E-state index contributed by atoms with van der Waals surface area (Å²) in [7, 11) is 0. The van der Waals surface area contributed by atoms with Gasteiger partial charge >= 0.3 is 0 Å². The van der Waals surface area contributed by atoms with Crippen molar-refractivity contribution in [1.29, 1.82) is 5.26 Å². The van der Waals surface area contributed by atoms with Gasteiger partial charge in [-0.15, -0.1) is 0 Å². The van der Waals surface area contributed by atoms with Crippen molar-refractivity contribution in [3.05, 3.63) is 11.3 Å². The minimum Gasteiger partial charge on any atom is -0.509 e. The quantitative estimate of drug-likeness (QED) is 0.560. The van der Waals surface area contributed by atoms with Crippen molar-refractivity contribution in [2.24, 2.45) is 5.92 Å². The van der Waals surface area contributed by atoms with Crippen LogP contribution in [0, 0.1) is 17.2 Å². The van der Waals surface area contributed by atoms with E-state index < -0.39 is 0 Å². The predicted octanol–water partition coefficient (Wildman–Crippen LogP) is 4.72. The molecule has 0 bridgehead atoms. The summed E-state index contributed by atoms with van der Waals surface area (Å²) >= 11 is 0. The lowest BCUT2D eigenvalue weighted by molar-refractivity contribution is -0.127. The lowest BCUT2D eigenvalue weighted by atomic mass is 10.0. The predicted molar refractivity (Wildman–Crippen MR) is 92.8 cm³/mol. The summed E-state index contributed by atoms with van der Waals surface area (Å²) in [6.07, 6.45) is 10.4. The van der Waals surface area contributed by atoms with Gasteiger partial charge in [0.15, 0.2) is 5.57 Å². The summed E-state index contributed by atoms with van der Waals surface area (Å²) in [6.45, 7) is 6.99. The summed E-state index contributed by atoms with van der Waals surface area (Å²) in [5.74, 6) is 0.0541. The largest absolute Gasteiger partial charge is 0.509 e. The normalized spacial score (nSPS) is 18.1. The highest BCUT2D eigenvalue weighted by Gasteiger charge is 2.39. The second kappa shape index (κ2) is 10.3. The van der Waals surface area contributed by atoms with E-state index in [1.54, 1.807) is 4.90 Å². The van der Waals surface area contributed by atoms with E-state index in [0.29, 0.717) is 18.9 Å². The minimum atomic E-state index is -0.304. The zero-order chi connectivity index (χ0) is 17.2. The number of rotatable bonds is 11. The van der Waals surface area contributed by atoms with Crippen molar-refractivity contribution in [3.8, 4) is 6.07 Å². The van der Waals surface area contributed by atoms with Gasteiger partial charge in [0.1, 0.15) is 11.8 Å². The summed E-state index contributed by atoms with van der Waals surface area (Å²) in [5, 5.41) is 19.2. The van der Waals surface area contributed by atoms with E-state index in [0.717, 1.165) is 12.8 Å². The van der Waals surface area contributed by atoms with Crippen molar-refractivity contribution in [1.82, 2.24) is 4.90 Å². The van der Waals surface area contributed by atoms with Crippen LogP contribution in [-0.2, 0) is 4.79 Å². The van der Waals surface area contributed by atoms with Crippen LogP contribution >= 0.6 is 0 Å². The molecule has 4 heteroatoms. The van der Waals surface area contributed by atoms with E-state index in [-0.39, 0.29) is 23.3 Å². The Hall–Kier alpha value is -1.50. The number of amides is 1. The number of nitrogens with zero attached hydrogens (tertiary/aromatic N) is 2. The Kier molecular flexibility index (Phi) is 8.76. The van der Waals surface area contributed by atoms with Gasteiger partial charge in [0, 0.05) is 6.54 Å². The van der Waals surface area contributed by atoms with Crippen LogP contribution in [0.4, 0.5) is 0 Å². The van der Waals surface area contributed by atoms with E-state index in [4.69, 9.17) is 5.26 Å². The molecule has 0 unspecified atom stereocenters. The molecule has 1 heterocycles. The van der Waals surface area contributed by atoms with Crippen LogP contribution in [0.5, 0.6) is 0 Å². The van der Waals surface area contributed by atoms with Crippen molar-refractivity contribution in [3.63, 3.8) is 0 Å². The number of aliphatic hydroxyl groups excluding tert-OH is 1. The molecular weight excluding hydrogens is 288 g/mol. The minimum absolute atomic E-state index is 0.0224. The summed E-state index contributed by atoms with van der Waals surface area (Å²) < 4.78 is 0. The molecule has 130 valence electrons. The van der Waals surface area contributed by atoms with Crippen LogP contribution in [0.3, 0.4) is 0 Å². The molecule has 0 aromatic carbocycles. The standard InChI is InChI=1S/C19H32N2O2/c1-4-5-6-7-8-9-10-11-12-21-17(13-15(2)3)18(22)16(14-20)19(21)23/h15,17,22H,4-13H2,1-3H3/t17-/m0/s1. The molecule has 0 aromatic rings. The SMILES string of the molecule is CCCCCCCCCCN1C(=O)C(C#N)=C(O)[C@@H]1CC(C)C. The molecule has 0 spiro atoms. The first-order valence-corrected chi connectivity index (χ1v) is 9.17. The third-order valence-electron chi connectivity index (χ3n) is 4.48. The number of hydrogen-bond acceptors (Lipinski definition) is 3. The van der Waals surface area contributed by atoms with E-state index in [9.17, 15) is 9.90 Å². The molecule has 1 aliphatic heterocycles. The molecule has 1 N–H and O–H groups in total. The van der Waals surface area contributed by atoms with Gasteiger partial charge < -0.3 is 10.0 Å². The second-order valence-corrected chi connectivity index (χ2v) is 6.99. The average molecular weight is 320 g/mol. The lowest BCUT2D eigenvalue weighted by Crippen LogP contribution is -2.37. The van der Waals surface area contributed by atoms with Crippen LogP contribution in [-0.4, -0.2) is 28.5 Å². The maximum absolute atomic E-state index is 12.3. The molecule has 0 aliphatic carbocycles. The smallest absolute Gasteiger partial charge is 0.268 e. The second-order valence-electron chi connectivity index (χ2n) is 6.99. The fourth-order valence-corrected chi connectivity index (χ4v) is 3.17. The molecule has 0 fully saturated rings. The Balaban J connectivity index is 2.39. The van der Waals surface area contributed by atoms with Crippen LogP contribution in [0.25, 0.3) is 0 Å². The number of nitriles is 1. The fraction of sp³-hybridized carbons (Fsp3) is 0.789. The monoisotopic (exact) mass is 320 g/mol. The highest BCUT2D eigenvalue weighted by atomic mass is 16.3. The number of carbonyl (C=O) groups excluding carboxylic acids is 1. The number of aliphatic hydroxyl groups is 1. The number of hydrogen-bond donors (Lipinski definition) is 1. The molecule has 0 saturated carbocycles. The molecule has 1 aliphatic rings. The molecular formula is C19H32N2O2. The lowest BCUT2D eigenvalue weighted by Gasteiger charge is -2.26. The van der Waals surface area contributed by atoms with Crippen molar-refractivity contribution in [2.45, 2.75) is 84.6 Å². The van der Waals surface area contributed by atoms with Gasteiger partial charge in [0.25, 0.3) is 5.91 Å². The van der Waals surface area contributed by atoms with Gasteiger partial charge in [-0.1, -0.05) is 65.7 Å². The van der Waals surface area contributed by atoms with E-state index in [1.165, 1.54) is 38.5 Å². The molecule has 0 aromatic heterocycles. The van der Waals surface area contributed by atoms with Gasteiger partial charge in [-0.05, 0) is 18.8 Å². The van der Waals surface area contributed by atoms with Crippen LogP contribution in [0.2, 0.25) is 0 Å². The first-order valence-electron chi connectivity index (χ1n) is 9.17. The molecule has 0 saturated heterocycles. The Labute approximate surface area is 141 Å². The Bertz CT molecular complexity index is 449. The highest BCUT2D eigenvalue weighted by Crippen LogP contribution is 2.28. The zero-order valence-corrected chi connectivity index (χ0v) is 15.0. The summed E-state index contributed by atoms with van der Waals surface area (Å²) in [6, 6.07) is 1.56. The van der Waals surface area contributed by atoms with Crippen molar-refractivity contribution >= 4 is 5.91 Å². The van der Waals surface area contributed by atoms with E-state index in [1.807, 2.05) is 6.07 Å². The van der Waals surface area contributed by atoms with E-state index >= 15 is 0 Å². The maximum atomic E-state index is 12.3. The van der Waals surface area contributed by atoms with Crippen LogP contribution in [0.15, 0.2) is 11.3 Å². The molecule has 1 atom stereocenters. The average Bonchev–Trinajstić information content (AvgIpc) is 2.72. The number of carbonyl (C=O) groups is 1. The van der Waals surface area contributed by atoms with Crippen molar-refractivity contribution < 1.29 is 9.90 Å². The molecule has 1 rings (SSSR count). The summed E-state index contributed by atoms with van der Waals surface area (Å²) in [5.41, 5.74) is -0.0600. The van der Waals surface area contributed by atoms with Crippen LogP contribution in [0.1, 0.15) is 78.6 Å². The zero-order valence-electron chi connectivity index (χ0n) is 15.0. The first kappa shape index (κ1) is 19.5. The Morgan fingerprint density at radius 3 is 2.22 bits per heavy atom. The topological polar surface area (TPSA) is 64.3 Å². The Morgan fingerprint density at radius 2 is 1.70 bits per heavy atom. The van der Waals surface area contributed by atoms with Gasteiger partial charge in [0.05, 0.1) is 6.04 Å². The maximum Gasteiger partial charge on any atom is 0.268 e. The third kappa shape index (κ3) is 5.89. The molecule has 0 radical (unpaired) electrons. The van der Waals surface area contributed by atoms with Gasteiger partial charge in [-0.2, -0.15) is 5.26 Å². The molecule has 4 nitrogen and oxygen atoms in total. The third-order valence-corrected chi connectivity index (χ3v) is 4.48.